The number of aryl methyl sites for hydroxylation is 1. The van der Waals surface area contributed by atoms with Gasteiger partial charge in [0.1, 0.15) is 0 Å². The van der Waals surface area contributed by atoms with Gasteiger partial charge in [-0.25, -0.2) is 0 Å². The van der Waals surface area contributed by atoms with E-state index in [0.717, 1.165) is 17.1 Å². The molecule has 0 radical (unpaired) electrons. The highest BCUT2D eigenvalue weighted by atomic mass is 35.5. The maximum Gasteiger partial charge on any atom is 0.0640 e. The molecular weight excluding hydrogens is 230 g/mol. The number of anilines is 1. The minimum absolute atomic E-state index is 0.353. The summed E-state index contributed by atoms with van der Waals surface area (Å²) in [5.74, 6) is 0. The molecule has 2 heteroatoms. The topological polar surface area (TPSA) is 12.0 Å². The number of nitrogens with one attached hydrogen (secondary N) is 1. The first-order valence-corrected chi connectivity index (χ1v) is 6.23. The van der Waals surface area contributed by atoms with Crippen molar-refractivity contribution in [2.75, 3.05) is 5.32 Å². The second-order valence-electron chi connectivity index (χ2n) is 4.53. The highest BCUT2D eigenvalue weighted by Crippen LogP contribution is 2.39. The number of benzene rings is 2. The smallest absolute Gasteiger partial charge is 0.0640 e. The summed E-state index contributed by atoms with van der Waals surface area (Å²) in [5, 5.41) is 4.35. The second-order valence-corrected chi connectivity index (χ2v) is 4.94. The minimum Gasteiger partial charge on any atom is -0.376 e. The Balaban J connectivity index is 1.97. The number of halogens is 1. The molecule has 2 aromatic rings. The van der Waals surface area contributed by atoms with Crippen LogP contribution in [0, 0.1) is 6.92 Å². The van der Waals surface area contributed by atoms with Gasteiger partial charge in [0.2, 0.25) is 0 Å². The summed E-state index contributed by atoms with van der Waals surface area (Å²) in [6.45, 7) is 2.15. The van der Waals surface area contributed by atoms with Gasteiger partial charge < -0.3 is 5.32 Å². The van der Waals surface area contributed by atoms with E-state index in [9.17, 15) is 0 Å². The average Bonchev–Trinajstić information content (AvgIpc) is 2.75. The number of fused-ring (bicyclic) bond motifs is 1. The van der Waals surface area contributed by atoms with Gasteiger partial charge in [0.15, 0.2) is 0 Å². The summed E-state index contributed by atoms with van der Waals surface area (Å²) in [6.07, 6.45) is 1.01. The van der Waals surface area contributed by atoms with Gasteiger partial charge in [-0.2, -0.15) is 0 Å². The molecule has 1 unspecified atom stereocenters. The van der Waals surface area contributed by atoms with Crippen molar-refractivity contribution in [1.29, 1.82) is 0 Å². The van der Waals surface area contributed by atoms with E-state index >= 15 is 0 Å². The predicted octanol–water partition coefficient (Wildman–Crippen LogP) is 4.36. The zero-order valence-corrected chi connectivity index (χ0v) is 10.5. The lowest BCUT2D eigenvalue weighted by atomic mass is 9.99. The standard InChI is InChI=1S/C15H14ClN/c1-10-5-2-3-7-12(10)14-9-11-6-4-8-13(16)15(11)17-14/h2-8,14,17H,9H2,1H3. The maximum absolute atomic E-state index is 6.20. The third-order valence-electron chi connectivity index (χ3n) is 3.41. The van der Waals surface area contributed by atoms with Gasteiger partial charge in [-0.1, -0.05) is 48.0 Å². The molecule has 1 nitrogen and oxygen atoms in total. The lowest BCUT2D eigenvalue weighted by Crippen LogP contribution is -2.07. The van der Waals surface area contributed by atoms with Gasteiger partial charge in [0.25, 0.3) is 0 Å². The van der Waals surface area contributed by atoms with Crippen LogP contribution in [-0.4, -0.2) is 0 Å². The molecule has 1 atom stereocenters. The van der Waals surface area contributed by atoms with E-state index in [4.69, 9.17) is 11.6 Å². The molecule has 0 saturated carbocycles. The van der Waals surface area contributed by atoms with Crippen molar-refractivity contribution >= 4 is 17.3 Å². The molecule has 2 aromatic carbocycles. The van der Waals surface area contributed by atoms with Crippen molar-refractivity contribution < 1.29 is 0 Å². The SMILES string of the molecule is Cc1ccccc1C1Cc2cccc(Cl)c2N1. The first-order chi connectivity index (χ1) is 8.25. The zero-order valence-electron chi connectivity index (χ0n) is 9.70. The van der Waals surface area contributed by atoms with Crippen molar-refractivity contribution in [2.24, 2.45) is 0 Å². The Morgan fingerprint density at radius 2 is 1.94 bits per heavy atom. The third-order valence-corrected chi connectivity index (χ3v) is 3.72. The van der Waals surface area contributed by atoms with Crippen LogP contribution in [0.1, 0.15) is 22.7 Å². The highest BCUT2D eigenvalue weighted by Gasteiger charge is 2.24. The van der Waals surface area contributed by atoms with Crippen molar-refractivity contribution in [3.8, 4) is 0 Å². The molecule has 0 spiro atoms. The van der Waals surface area contributed by atoms with Crippen molar-refractivity contribution in [3.05, 3.63) is 64.2 Å². The molecule has 1 N–H and O–H groups in total. The number of rotatable bonds is 1. The number of hydrogen-bond acceptors (Lipinski definition) is 1. The summed E-state index contributed by atoms with van der Waals surface area (Å²) in [6, 6.07) is 15.0. The molecule has 17 heavy (non-hydrogen) atoms. The van der Waals surface area contributed by atoms with Crippen LogP contribution in [-0.2, 0) is 6.42 Å². The Labute approximate surface area is 106 Å². The number of hydrogen-bond donors (Lipinski definition) is 1. The lowest BCUT2D eigenvalue weighted by Gasteiger charge is -2.14. The molecule has 0 aromatic heterocycles. The van der Waals surface area contributed by atoms with Gasteiger partial charge in [-0.05, 0) is 36.1 Å². The highest BCUT2D eigenvalue weighted by molar-refractivity contribution is 6.33. The summed E-state index contributed by atoms with van der Waals surface area (Å²) < 4.78 is 0. The van der Waals surface area contributed by atoms with Gasteiger partial charge in [0, 0.05) is 0 Å². The predicted molar refractivity (Wildman–Crippen MR) is 72.7 cm³/mol. The van der Waals surface area contributed by atoms with E-state index < -0.39 is 0 Å². The fourth-order valence-corrected chi connectivity index (χ4v) is 2.76. The fourth-order valence-electron chi connectivity index (χ4n) is 2.51. The van der Waals surface area contributed by atoms with E-state index in [1.54, 1.807) is 0 Å². The monoisotopic (exact) mass is 243 g/mol. The Hall–Kier alpha value is -1.47. The quantitative estimate of drug-likeness (QED) is 0.785. The summed E-state index contributed by atoms with van der Waals surface area (Å²) >= 11 is 6.20. The van der Waals surface area contributed by atoms with Crippen molar-refractivity contribution in [1.82, 2.24) is 0 Å². The summed E-state index contributed by atoms with van der Waals surface area (Å²) in [5.41, 5.74) is 5.10. The van der Waals surface area contributed by atoms with E-state index in [1.807, 2.05) is 12.1 Å². The van der Waals surface area contributed by atoms with Gasteiger partial charge in [0.05, 0.1) is 16.8 Å². The first-order valence-electron chi connectivity index (χ1n) is 5.85. The molecule has 0 saturated heterocycles. The van der Waals surface area contributed by atoms with E-state index in [2.05, 4.69) is 42.6 Å². The lowest BCUT2D eigenvalue weighted by molar-refractivity contribution is 0.816. The summed E-state index contributed by atoms with van der Waals surface area (Å²) in [4.78, 5) is 0. The normalized spacial score (nSPS) is 17.6. The van der Waals surface area contributed by atoms with Crippen LogP contribution in [0.4, 0.5) is 5.69 Å². The third kappa shape index (κ3) is 1.81. The first kappa shape index (κ1) is 10.7. The van der Waals surface area contributed by atoms with Crippen LogP contribution < -0.4 is 5.32 Å². The van der Waals surface area contributed by atoms with Gasteiger partial charge in [-0.3, -0.25) is 0 Å². The average molecular weight is 244 g/mol. The number of para-hydroxylation sites is 1. The zero-order chi connectivity index (χ0) is 11.8. The van der Waals surface area contributed by atoms with Crippen molar-refractivity contribution in [3.63, 3.8) is 0 Å². The fraction of sp³-hybridized carbons (Fsp3) is 0.200. The maximum atomic E-state index is 6.20. The molecule has 3 rings (SSSR count). The molecule has 0 aliphatic carbocycles. The Morgan fingerprint density at radius 3 is 2.71 bits per heavy atom. The Bertz CT molecular complexity index is 563. The minimum atomic E-state index is 0.353. The summed E-state index contributed by atoms with van der Waals surface area (Å²) in [7, 11) is 0. The molecule has 0 bridgehead atoms. The molecule has 1 heterocycles. The van der Waals surface area contributed by atoms with Crippen LogP contribution in [0.15, 0.2) is 42.5 Å². The van der Waals surface area contributed by atoms with E-state index in [-0.39, 0.29) is 0 Å². The van der Waals surface area contributed by atoms with Crippen LogP contribution in [0.2, 0.25) is 5.02 Å². The van der Waals surface area contributed by atoms with Crippen LogP contribution in [0.3, 0.4) is 0 Å². The second kappa shape index (κ2) is 4.08. The molecule has 1 aliphatic heterocycles. The Kier molecular flexibility index (Phi) is 2.56. The van der Waals surface area contributed by atoms with Crippen LogP contribution in [0.25, 0.3) is 0 Å². The molecule has 0 amide bonds. The van der Waals surface area contributed by atoms with E-state index in [1.165, 1.54) is 16.7 Å². The van der Waals surface area contributed by atoms with Gasteiger partial charge >= 0.3 is 0 Å². The van der Waals surface area contributed by atoms with Crippen LogP contribution >= 0.6 is 11.6 Å². The molecular formula is C15H14ClN. The van der Waals surface area contributed by atoms with Crippen LogP contribution in [0.5, 0.6) is 0 Å². The van der Waals surface area contributed by atoms with Gasteiger partial charge in [-0.15, -0.1) is 0 Å². The molecule has 86 valence electrons. The molecule has 1 aliphatic rings. The Morgan fingerprint density at radius 1 is 1.12 bits per heavy atom. The van der Waals surface area contributed by atoms with Crippen molar-refractivity contribution in [2.45, 2.75) is 19.4 Å². The van der Waals surface area contributed by atoms with E-state index in [0.29, 0.717) is 6.04 Å². The largest absolute Gasteiger partial charge is 0.376 e. The molecule has 0 fully saturated rings.